The van der Waals surface area contributed by atoms with Crippen LogP contribution in [-0.2, 0) is 0 Å². The van der Waals surface area contributed by atoms with Crippen LogP contribution < -0.4 is 9.47 Å². The molecule has 3 rings (SSSR count). The van der Waals surface area contributed by atoms with Crippen molar-refractivity contribution < 1.29 is 9.47 Å². The van der Waals surface area contributed by atoms with Gasteiger partial charge in [0.1, 0.15) is 23.0 Å². The van der Waals surface area contributed by atoms with Crippen molar-refractivity contribution in [3.05, 3.63) is 82.9 Å². The van der Waals surface area contributed by atoms with E-state index in [2.05, 4.69) is 0 Å². The summed E-state index contributed by atoms with van der Waals surface area (Å²) in [6.07, 6.45) is 0. The molecule has 0 atom stereocenters. The molecule has 0 heterocycles. The first kappa shape index (κ1) is 16.4. The Morgan fingerprint density at radius 1 is 0.640 bits per heavy atom. The largest absolute Gasteiger partial charge is 0.457 e. The van der Waals surface area contributed by atoms with Gasteiger partial charge in [-0.1, -0.05) is 17.7 Å². The second-order valence-electron chi connectivity index (χ2n) is 5.10. The highest BCUT2D eigenvalue weighted by atomic mass is 35.5. The van der Waals surface area contributed by atoms with Crippen molar-refractivity contribution in [3.8, 4) is 35.1 Å². The molecule has 0 radical (unpaired) electrons. The Morgan fingerprint density at radius 3 is 1.76 bits per heavy atom. The normalized spacial score (nSPS) is 9.72. The Kier molecular flexibility index (Phi) is 4.85. The van der Waals surface area contributed by atoms with Crippen LogP contribution in [0.15, 0.2) is 66.7 Å². The summed E-state index contributed by atoms with van der Waals surface area (Å²) in [6.45, 7) is 0. The Balaban J connectivity index is 1.81. The highest BCUT2D eigenvalue weighted by Gasteiger charge is 2.05. The number of halogens is 1. The van der Waals surface area contributed by atoms with Crippen LogP contribution in [0.3, 0.4) is 0 Å². The van der Waals surface area contributed by atoms with Gasteiger partial charge in [-0.25, -0.2) is 0 Å². The minimum Gasteiger partial charge on any atom is -0.457 e. The van der Waals surface area contributed by atoms with Crippen LogP contribution >= 0.6 is 11.6 Å². The van der Waals surface area contributed by atoms with E-state index in [1.165, 1.54) is 6.07 Å². The zero-order valence-electron chi connectivity index (χ0n) is 12.9. The Labute approximate surface area is 150 Å². The minimum absolute atomic E-state index is 0.364. The fraction of sp³-hybridized carbons (Fsp3) is 0. The van der Waals surface area contributed by atoms with E-state index in [4.69, 9.17) is 31.6 Å². The number of hydrogen-bond donors (Lipinski definition) is 0. The minimum atomic E-state index is 0.364. The topological polar surface area (TPSA) is 66.0 Å². The van der Waals surface area contributed by atoms with E-state index >= 15 is 0 Å². The van der Waals surface area contributed by atoms with Gasteiger partial charge in [-0.15, -0.1) is 0 Å². The molecule has 0 amide bonds. The summed E-state index contributed by atoms with van der Waals surface area (Å²) < 4.78 is 11.5. The number of benzene rings is 3. The third kappa shape index (κ3) is 4.29. The van der Waals surface area contributed by atoms with Crippen molar-refractivity contribution in [1.29, 1.82) is 10.5 Å². The fourth-order valence-electron chi connectivity index (χ4n) is 2.16. The molecule has 120 valence electrons. The van der Waals surface area contributed by atoms with Gasteiger partial charge in [0.05, 0.1) is 23.3 Å². The molecule has 0 N–H and O–H groups in total. The second kappa shape index (κ2) is 7.40. The standard InChI is InChI=1S/C20H11ClN2O2/c21-16-4-6-17(7-5-16)24-18-2-1-3-19(11-18)25-20-9-14(12-22)8-15(10-20)13-23/h1-11H. The first-order valence-corrected chi connectivity index (χ1v) is 7.71. The van der Waals surface area contributed by atoms with Gasteiger partial charge in [0.15, 0.2) is 0 Å². The molecule has 0 bridgehead atoms. The highest BCUT2D eigenvalue weighted by Crippen LogP contribution is 2.29. The smallest absolute Gasteiger partial charge is 0.131 e. The molecular formula is C20H11ClN2O2. The molecule has 0 saturated carbocycles. The number of nitrogens with zero attached hydrogens (tertiary/aromatic N) is 2. The Hall–Kier alpha value is -3.47. The molecule has 0 spiro atoms. The summed E-state index contributed by atoms with van der Waals surface area (Å²) in [6, 6.07) is 22.8. The summed E-state index contributed by atoms with van der Waals surface area (Å²) in [5.41, 5.74) is 0.727. The third-order valence-electron chi connectivity index (χ3n) is 3.26. The van der Waals surface area contributed by atoms with Crippen LogP contribution in [0.2, 0.25) is 5.02 Å². The molecule has 4 nitrogen and oxygen atoms in total. The van der Waals surface area contributed by atoms with Gasteiger partial charge >= 0.3 is 0 Å². The lowest BCUT2D eigenvalue weighted by Gasteiger charge is -2.09. The van der Waals surface area contributed by atoms with Crippen LogP contribution in [0.4, 0.5) is 0 Å². The van der Waals surface area contributed by atoms with Gasteiger partial charge in [-0.05, 0) is 54.6 Å². The van der Waals surface area contributed by atoms with Gasteiger partial charge in [0.25, 0.3) is 0 Å². The van der Waals surface area contributed by atoms with Gasteiger partial charge in [0.2, 0.25) is 0 Å². The van der Waals surface area contributed by atoms with Crippen molar-refractivity contribution in [2.75, 3.05) is 0 Å². The Bertz CT molecular complexity index is 954. The van der Waals surface area contributed by atoms with E-state index in [9.17, 15) is 0 Å². The maximum Gasteiger partial charge on any atom is 0.131 e. The van der Waals surface area contributed by atoms with E-state index in [1.807, 2.05) is 12.1 Å². The lowest BCUT2D eigenvalue weighted by Crippen LogP contribution is -1.89. The van der Waals surface area contributed by atoms with Crippen LogP contribution in [-0.4, -0.2) is 0 Å². The maximum absolute atomic E-state index is 9.03. The fourth-order valence-corrected chi connectivity index (χ4v) is 2.29. The molecule has 0 unspecified atom stereocenters. The molecule has 0 aliphatic carbocycles. The summed E-state index contributed by atoms with van der Waals surface area (Å²) in [7, 11) is 0. The molecule has 0 aliphatic heterocycles. The lowest BCUT2D eigenvalue weighted by molar-refractivity contribution is 0.460. The molecule has 25 heavy (non-hydrogen) atoms. The van der Waals surface area contributed by atoms with E-state index < -0.39 is 0 Å². The van der Waals surface area contributed by atoms with Crippen LogP contribution in [0.25, 0.3) is 0 Å². The van der Waals surface area contributed by atoms with Crippen LogP contribution in [0.5, 0.6) is 23.0 Å². The Morgan fingerprint density at radius 2 is 1.20 bits per heavy atom. The van der Waals surface area contributed by atoms with Gasteiger partial charge in [-0.2, -0.15) is 10.5 Å². The number of hydrogen-bond acceptors (Lipinski definition) is 4. The lowest BCUT2D eigenvalue weighted by atomic mass is 10.1. The second-order valence-corrected chi connectivity index (χ2v) is 5.54. The number of nitriles is 2. The molecule has 5 heteroatoms. The average Bonchev–Trinajstić information content (AvgIpc) is 2.63. The summed E-state index contributed by atoms with van der Waals surface area (Å²) in [4.78, 5) is 0. The monoisotopic (exact) mass is 346 g/mol. The van der Waals surface area contributed by atoms with Gasteiger partial charge in [0, 0.05) is 11.1 Å². The van der Waals surface area contributed by atoms with E-state index in [1.54, 1.807) is 60.7 Å². The molecule has 0 aliphatic rings. The highest BCUT2D eigenvalue weighted by molar-refractivity contribution is 6.30. The van der Waals surface area contributed by atoms with Crippen LogP contribution in [0.1, 0.15) is 11.1 Å². The average molecular weight is 347 g/mol. The summed E-state index contributed by atoms with van der Waals surface area (Å²) in [5, 5.41) is 18.7. The zero-order chi connectivity index (χ0) is 17.6. The molecule has 3 aromatic carbocycles. The summed E-state index contributed by atoms with van der Waals surface area (Å²) >= 11 is 5.86. The molecular weight excluding hydrogens is 336 g/mol. The maximum atomic E-state index is 9.03. The van der Waals surface area contributed by atoms with Crippen molar-refractivity contribution in [2.24, 2.45) is 0 Å². The predicted molar refractivity (Wildman–Crippen MR) is 93.9 cm³/mol. The first-order chi connectivity index (χ1) is 12.2. The first-order valence-electron chi connectivity index (χ1n) is 7.33. The summed E-state index contributed by atoms with van der Waals surface area (Å²) in [5.74, 6) is 2.20. The quantitative estimate of drug-likeness (QED) is 0.610. The third-order valence-corrected chi connectivity index (χ3v) is 3.51. The number of ether oxygens (including phenoxy) is 2. The van der Waals surface area contributed by atoms with E-state index in [0.717, 1.165) is 0 Å². The zero-order valence-corrected chi connectivity index (χ0v) is 13.7. The molecule has 0 saturated heterocycles. The van der Waals surface area contributed by atoms with Crippen molar-refractivity contribution in [2.45, 2.75) is 0 Å². The predicted octanol–water partition coefficient (Wildman–Crippen LogP) is 5.67. The van der Waals surface area contributed by atoms with Crippen molar-refractivity contribution >= 4 is 11.6 Å². The van der Waals surface area contributed by atoms with E-state index in [0.29, 0.717) is 39.1 Å². The van der Waals surface area contributed by atoms with Crippen molar-refractivity contribution in [1.82, 2.24) is 0 Å². The number of rotatable bonds is 4. The molecule has 0 aromatic heterocycles. The SMILES string of the molecule is N#Cc1cc(C#N)cc(Oc2cccc(Oc3ccc(Cl)cc3)c2)c1. The molecule has 0 fully saturated rings. The van der Waals surface area contributed by atoms with Gasteiger partial charge < -0.3 is 9.47 Å². The van der Waals surface area contributed by atoms with Gasteiger partial charge in [-0.3, -0.25) is 0 Å². The van der Waals surface area contributed by atoms with E-state index in [-0.39, 0.29) is 0 Å². The molecule has 3 aromatic rings. The van der Waals surface area contributed by atoms with Crippen LogP contribution in [0, 0.1) is 22.7 Å². The van der Waals surface area contributed by atoms with Crippen molar-refractivity contribution in [3.63, 3.8) is 0 Å².